The Hall–Kier alpha value is -1.39. The van der Waals surface area contributed by atoms with Gasteiger partial charge in [0, 0.05) is 17.5 Å². The highest BCUT2D eigenvalue weighted by atomic mass is 35.5. The highest BCUT2D eigenvalue weighted by molar-refractivity contribution is 7.20. The first-order valence-electron chi connectivity index (χ1n) is 5.81. The van der Waals surface area contributed by atoms with Crippen molar-refractivity contribution in [1.82, 2.24) is 0 Å². The van der Waals surface area contributed by atoms with Gasteiger partial charge in [0.1, 0.15) is 11.5 Å². The Morgan fingerprint density at radius 3 is 2.63 bits per heavy atom. The third kappa shape index (κ3) is 3.14. The molecule has 5 heteroatoms. The average molecular weight is 297 g/mol. The van der Waals surface area contributed by atoms with Crippen LogP contribution < -0.4 is 4.74 Å². The van der Waals surface area contributed by atoms with Crippen LogP contribution in [0.25, 0.3) is 10.1 Å². The molecular formula is C14H13ClO3S. The lowest BCUT2D eigenvalue weighted by Crippen LogP contribution is -1.99. The van der Waals surface area contributed by atoms with Crippen molar-refractivity contribution in [2.45, 2.75) is 19.8 Å². The van der Waals surface area contributed by atoms with Gasteiger partial charge in [0.25, 0.3) is 0 Å². The summed E-state index contributed by atoms with van der Waals surface area (Å²) in [4.78, 5) is 23.5. The number of thiophene rings is 1. The number of Topliss-reactive ketones (excluding diaryl/α,β-unsaturated/α-hetero) is 2. The highest BCUT2D eigenvalue weighted by Gasteiger charge is 2.13. The number of halogens is 1. The lowest BCUT2D eigenvalue weighted by atomic mass is 10.1. The van der Waals surface area contributed by atoms with Crippen LogP contribution >= 0.6 is 22.9 Å². The van der Waals surface area contributed by atoms with Gasteiger partial charge in [0.15, 0.2) is 5.78 Å². The van der Waals surface area contributed by atoms with Gasteiger partial charge in [0.05, 0.1) is 17.0 Å². The van der Waals surface area contributed by atoms with E-state index in [0.29, 0.717) is 15.6 Å². The van der Waals surface area contributed by atoms with E-state index in [4.69, 9.17) is 16.3 Å². The van der Waals surface area contributed by atoms with Crippen molar-refractivity contribution in [1.29, 1.82) is 0 Å². The van der Waals surface area contributed by atoms with Gasteiger partial charge in [-0.3, -0.25) is 4.79 Å². The molecule has 3 nitrogen and oxygen atoms in total. The smallest absolute Gasteiger partial charge is 0.173 e. The fourth-order valence-electron chi connectivity index (χ4n) is 1.75. The molecule has 100 valence electrons. The van der Waals surface area contributed by atoms with Gasteiger partial charge in [0.2, 0.25) is 0 Å². The van der Waals surface area contributed by atoms with Crippen LogP contribution in [0, 0.1) is 0 Å². The summed E-state index contributed by atoms with van der Waals surface area (Å²) in [5.41, 5.74) is 0. The van der Waals surface area contributed by atoms with E-state index >= 15 is 0 Å². The van der Waals surface area contributed by atoms with Crippen molar-refractivity contribution >= 4 is 44.6 Å². The third-order valence-electron chi connectivity index (χ3n) is 2.77. The van der Waals surface area contributed by atoms with Crippen molar-refractivity contribution in [3.8, 4) is 5.75 Å². The SMILES string of the molecule is COc1cc2sc(C(=O)CCC(C)=O)cc2cc1Cl. The Labute approximate surface area is 120 Å². The molecule has 1 aromatic heterocycles. The summed E-state index contributed by atoms with van der Waals surface area (Å²) < 4.78 is 6.10. The molecule has 2 rings (SSSR count). The standard InChI is InChI=1S/C14H13ClO3S/c1-8(16)3-4-11(17)14-6-9-5-10(15)12(18-2)7-13(9)19-14/h5-7H,3-4H2,1-2H3. The second-order valence-corrected chi connectivity index (χ2v) is 5.75. The number of carbonyl (C=O) groups is 2. The molecule has 0 radical (unpaired) electrons. The minimum Gasteiger partial charge on any atom is -0.495 e. The van der Waals surface area contributed by atoms with Gasteiger partial charge in [-0.25, -0.2) is 0 Å². The summed E-state index contributed by atoms with van der Waals surface area (Å²) >= 11 is 7.44. The van der Waals surface area contributed by atoms with Crippen molar-refractivity contribution in [2.24, 2.45) is 0 Å². The molecule has 0 saturated carbocycles. The number of fused-ring (bicyclic) bond motifs is 1. The van der Waals surface area contributed by atoms with Crippen LogP contribution in [-0.2, 0) is 4.79 Å². The van der Waals surface area contributed by atoms with Gasteiger partial charge < -0.3 is 9.53 Å². The van der Waals surface area contributed by atoms with Crippen LogP contribution in [0.4, 0.5) is 0 Å². The molecule has 19 heavy (non-hydrogen) atoms. The number of hydrogen-bond donors (Lipinski definition) is 0. The van der Waals surface area contributed by atoms with E-state index in [1.54, 1.807) is 13.2 Å². The Balaban J connectivity index is 2.31. The number of rotatable bonds is 5. The van der Waals surface area contributed by atoms with Gasteiger partial charge in [-0.1, -0.05) is 11.6 Å². The van der Waals surface area contributed by atoms with Crippen LogP contribution in [0.15, 0.2) is 18.2 Å². The van der Waals surface area contributed by atoms with E-state index in [0.717, 1.165) is 10.1 Å². The van der Waals surface area contributed by atoms with Crippen LogP contribution in [0.1, 0.15) is 29.4 Å². The van der Waals surface area contributed by atoms with E-state index in [1.165, 1.54) is 18.3 Å². The van der Waals surface area contributed by atoms with Crippen molar-refractivity contribution < 1.29 is 14.3 Å². The molecule has 0 aliphatic carbocycles. The monoisotopic (exact) mass is 296 g/mol. The van der Waals surface area contributed by atoms with Gasteiger partial charge in [-0.05, 0) is 30.5 Å². The number of methoxy groups -OCH3 is 1. The maximum Gasteiger partial charge on any atom is 0.173 e. The van der Waals surface area contributed by atoms with Crippen LogP contribution in [0.2, 0.25) is 5.02 Å². The average Bonchev–Trinajstić information content (AvgIpc) is 2.77. The summed E-state index contributed by atoms with van der Waals surface area (Å²) in [7, 11) is 1.56. The second kappa shape index (κ2) is 5.72. The van der Waals surface area contributed by atoms with Crippen molar-refractivity contribution in [3.05, 3.63) is 28.1 Å². The summed E-state index contributed by atoms with van der Waals surface area (Å²) in [6.45, 7) is 1.49. The summed E-state index contributed by atoms with van der Waals surface area (Å²) in [6, 6.07) is 5.42. The summed E-state index contributed by atoms with van der Waals surface area (Å²) in [6.07, 6.45) is 0.546. The van der Waals surface area contributed by atoms with Crippen LogP contribution in [0.5, 0.6) is 5.75 Å². The topological polar surface area (TPSA) is 43.4 Å². The van der Waals surface area contributed by atoms with Crippen LogP contribution in [0.3, 0.4) is 0 Å². The molecule has 0 bridgehead atoms. The first kappa shape index (κ1) is 14.0. The van der Waals surface area contributed by atoms with Gasteiger partial charge in [-0.2, -0.15) is 0 Å². The molecule has 0 unspecified atom stereocenters. The highest BCUT2D eigenvalue weighted by Crippen LogP contribution is 2.35. The lowest BCUT2D eigenvalue weighted by Gasteiger charge is -2.01. The normalized spacial score (nSPS) is 10.7. The Morgan fingerprint density at radius 1 is 1.26 bits per heavy atom. The van der Waals surface area contributed by atoms with Crippen molar-refractivity contribution in [3.63, 3.8) is 0 Å². The summed E-state index contributed by atoms with van der Waals surface area (Å²) in [5, 5.41) is 1.44. The fourth-order valence-corrected chi connectivity index (χ4v) is 3.04. The predicted octanol–water partition coefficient (Wildman–Crippen LogP) is 4.12. The Kier molecular flexibility index (Phi) is 4.22. The minimum atomic E-state index is -0.00788. The van der Waals surface area contributed by atoms with E-state index in [9.17, 15) is 9.59 Å². The molecule has 0 fully saturated rings. The molecule has 0 amide bonds. The van der Waals surface area contributed by atoms with E-state index in [2.05, 4.69) is 0 Å². The zero-order chi connectivity index (χ0) is 14.0. The number of carbonyl (C=O) groups excluding carboxylic acids is 2. The van der Waals surface area contributed by atoms with Crippen molar-refractivity contribution in [2.75, 3.05) is 7.11 Å². The Bertz CT molecular complexity index is 645. The van der Waals surface area contributed by atoms with E-state index in [1.807, 2.05) is 12.1 Å². The largest absolute Gasteiger partial charge is 0.495 e. The third-order valence-corrected chi connectivity index (χ3v) is 4.20. The molecule has 0 N–H and O–H groups in total. The van der Waals surface area contributed by atoms with Gasteiger partial charge >= 0.3 is 0 Å². The molecule has 0 aliphatic rings. The zero-order valence-electron chi connectivity index (χ0n) is 10.7. The fraction of sp³-hybridized carbons (Fsp3) is 0.286. The first-order chi connectivity index (χ1) is 9.01. The molecule has 0 atom stereocenters. The first-order valence-corrected chi connectivity index (χ1v) is 7.00. The molecule has 0 aliphatic heterocycles. The molecule has 2 aromatic rings. The zero-order valence-corrected chi connectivity index (χ0v) is 12.2. The molecule has 1 aromatic carbocycles. The molecule has 0 spiro atoms. The minimum absolute atomic E-state index is 0.00788. The van der Waals surface area contributed by atoms with E-state index in [-0.39, 0.29) is 24.4 Å². The Morgan fingerprint density at radius 2 is 2.00 bits per heavy atom. The quantitative estimate of drug-likeness (QED) is 0.780. The molecular weight excluding hydrogens is 284 g/mol. The summed E-state index contributed by atoms with van der Waals surface area (Å²) in [5.74, 6) is 0.615. The lowest BCUT2D eigenvalue weighted by molar-refractivity contribution is -0.116. The van der Waals surface area contributed by atoms with Gasteiger partial charge in [-0.15, -0.1) is 11.3 Å². The number of hydrogen-bond acceptors (Lipinski definition) is 4. The number of ether oxygens (including phenoxy) is 1. The molecule has 0 saturated heterocycles. The molecule has 1 heterocycles. The number of benzene rings is 1. The number of ketones is 2. The second-order valence-electron chi connectivity index (χ2n) is 4.26. The maximum atomic E-state index is 12.0. The predicted molar refractivity (Wildman–Crippen MR) is 77.6 cm³/mol. The van der Waals surface area contributed by atoms with E-state index < -0.39 is 0 Å². The van der Waals surface area contributed by atoms with Crippen LogP contribution in [-0.4, -0.2) is 18.7 Å². The maximum absolute atomic E-state index is 12.0.